The summed E-state index contributed by atoms with van der Waals surface area (Å²) in [6.45, 7) is 0.583. The minimum absolute atomic E-state index is 0.0782. The average molecular weight is 384 g/mol. The van der Waals surface area contributed by atoms with E-state index in [1.165, 1.54) is 32.7 Å². The number of amides is 1. The zero-order valence-electron chi connectivity index (χ0n) is 14.1. The highest BCUT2D eigenvalue weighted by Crippen LogP contribution is 2.21. The monoisotopic (exact) mass is 384 g/mol. The molecule has 0 aliphatic carbocycles. The number of thioether (sulfide) groups is 1. The number of aromatic nitrogens is 2. The van der Waals surface area contributed by atoms with Gasteiger partial charge in [0.2, 0.25) is 0 Å². The average Bonchev–Trinajstić information content (AvgIpc) is 3.33. The number of benzene rings is 1. The maximum Gasteiger partial charge on any atom is 0.271 e. The molecule has 0 atom stereocenters. The summed E-state index contributed by atoms with van der Waals surface area (Å²) in [5, 5.41) is 8.35. The fraction of sp³-hybridized carbons (Fsp3) is 0.222. The fourth-order valence-electron chi connectivity index (χ4n) is 2.77. The number of thiophene rings is 1. The van der Waals surface area contributed by atoms with E-state index in [-0.39, 0.29) is 17.2 Å². The van der Waals surface area contributed by atoms with Crippen molar-refractivity contribution in [3.05, 3.63) is 57.7 Å². The Hall–Kier alpha value is -2.45. The number of hydrogen-bond donors (Lipinski definition) is 0. The molecule has 3 aromatic rings. The first-order valence-electron chi connectivity index (χ1n) is 8.14. The largest absolute Gasteiger partial charge is 0.290 e. The summed E-state index contributed by atoms with van der Waals surface area (Å²) in [6.07, 6.45) is 0.748. The van der Waals surface area contributed by atoms with Crippen molar-refractivity contribution < 1.29 is 4.79 Å². The van der Waals surface area contributed by atoms with Gasteiger partial charge in [-0.25, -0.2) is 9.99 Å². The minimum atomic E-state index is -0.0828. The molecule has 0 fully saturated rings. The van der Waals surface area contributed by atoms with Crippen molar-refractivity contribution in [3.63, 3.8) is 0 Å². The highest BCUT2D eigenvalue weighted by molar-refractivity contribution is 7.99. The molecule has 2 aromatic heterocycles. The number of hydrazone groups is 1. The van der Waals surface area contributed by atoms with Gasteiger partial charge in [-0.05, 0) is 17.0 Å². The van der Waals surface area contributed by atoms with Crippen LogP contribution in [0.1, 0.15) is 12.0 Å². The van der Waals surface area contributed by atoms with E-state index >= 15 is 0 Å². The van der Waals surface area contributed by atoms with E-state index < -0.39 is 0 Å². The number of fused-ring (bicyclic) bond motifs is 1. The quantitative estimate of drug-likeness (QED) is 0.512. The van der Waals surface area contributed by atoms with Gasteiger partial charge in [0.25, 0.3) is 11.5 Å². The summed E-state index contributed by atoms with van der Waals surface area (Å²) in [6, 6.07) is 11.7. The lowest BCUT2D eigenvalue weighted by molar-refractivity contribution is -0.127. The molecule has 4 rings (SSSR count). The van der Waals surface area contributed by atoms with E-state index in [9.17, 15) is 9.59 Å². The smallest absolute Gasteiger partial charge is 0.271 e. The van der Waals surface area contributed by atoms with Crippen LogP contribution in [-0.2, 0) is 11.8 Å². The summed E-state index contributed by atoms with van der Waals surface area (Å²) in [5.74, 6) is 0.113. The predicted octanol–water partition coefficient (Wildman–Crippen LogP) is 2.72. The third kappa shape index (κ3) is 3.17. The van der Waals surface area contributed by atoms with Crippen molar-refractivity contribution in [2.75, 3.05) is 12.3 Å². The molecule has 0 saturated heterocycles. The number of carbonyl (C=O) groups is 1. The zero-order chi connectivity index (χ0) is 18.1. The molecular formula is C18H16N4O2S2. The van der Waals surface area contributed by atoms with Gasteiger partial charge >= 0.3 is 0 Å². The Labute approximate surface area is 158 Å². The van der Waals surface area contributed by atoms with Crippen molar-refractivity contribution >= 4 is 44.9 Å². The van der Waals surface area contributed by atoms with Crippen LogP contribution in [0.15, 0.2) is 56.8 Å². The summed E-state index contributed by atoms with van der Waals surface area (Å²) in [7, 11) is 1.68. The van der Waals surface area contributed by atoms with Gasteiger partial charge in [-0.15, -0.1) is 11.3 Å². The number of nitrogens with zero attached hydrogens (tertiary/aromatic N) is 4. The van der Waals surface area contributed by atoms with Crippen LogP contribution in [0.3, 0.4) is 0 Å². The first-order valence-corrected chi connectivity index (χ1v) is 10.0. The van der Waals surface area contributed by atoms with Crippen LogP contribution in [0, 0.1) is 0 Å². The van der Waals surface area contributed by atoms with Crippen LogP contribution in [0.5, 0.6) is 0 Å². The maximum atomic E-state index is 12.5. The zero-order valence-corrected chi connectivity index (χ0v) is 15.7. The number of hydrogen-bond acceptors (Lipinski definition) is 6. The summed E-state index contributed by atoms with van der Waals surface area (Å²) >= 11 is 2.65. The Morgan fingerprint density at radius 3 is 2.88 bits per heavy atom. The van der Waals surface area contributed by atoms with E-state index in [4.69, 9.17) is 0 Å². The molecule has 0 saturated carbocycles. The van der Waals surface area contributed by atoms with E-state index in [0.29, 0.717) is 21.9 Å². The van der Waals surface area contributed by atoms with Gasteiger partial charge in [0, 0.05) is 13.5 Å². The van der Waals surface area contributed by atoms with Crippen molar-refractivity contribution in [1.82, 2.24) is 14.6 Å². The third-order valence-electron chi connectivity index (χ3n) is 4.17. The number of carbonyl (C=O) groups excluding carboxylic acids is 1. The second kappa shape index (κ2) is 7.05. The first-order chi connectivity index (χ1) is 12.6. The Kier molecular flexibility index (Phi) is 4.60. The van der Waals surface area contributed by atoms with E-state index in [2.05, 4.69) is 10.1 Å². The lowest BCUT2D eigenvalue weighted by Gasteiger charge is -2.11. The van der Waals surface area contributed by atoms with Crippen molar-refractivity contribution in [2.45, 2.75) is 11.6 Å². The molecule has 1 aliphatic heterocycles. The van der Waals surface area contributed by atoms with Crippen molar-refractivity contribution in [1.29, 1.82) is 0 Å². The Balaban J connectivity index is 1.47. The van der Waals surface area contributed by atoms with Crippen LogP contribution >= 0.6 is 23.1 Å². The predicted molar refractivity (Wildman–Crippen MR) is 105 cm³/mol. The van der Waals surface area contributed by atoms with Crippen LogP contribution in [-0.4, -0.2) is 38.5 Å². The minimum Gasteiger partial charge on any atom is -0.290 e. The SMILES string of the molecule is Cn1c(SCC(=O)N2CCC(c3ccccc3)=N2)nc2ccsc2c1=O. The lowest BCUT2D eigenvalue weighted by Crippen LogP contribution is -2.26. The molecule has 1 aliphatic rings. The second-order valence-electron chi connectivity index (χ2n) is 5.86. The molecule has 3 heterocycles. The molecule has 26 heavy (non-hydrogen) atoms. The molecule has 0 radical (unpaired) electrons. The van der Waals surface area contributed by atoms with Crippen LogP contribution in [0.4, 0.5) is 0 Å². The van der Waals surface area contributed by atoms with Gasteiger partial charge in [-0.2, -0.15) is 5.10 Å². The van der Waals surface area contributed by atoms with Gasteiger partial charge in [0.15, 0.2) is 5.16 Å². The van der Waals surface area contributed by atoms with Crippen LogP contribution < -0.4 is 5.56 Å². The molecule has 6 nitrogen and oxygen atoms in total. The van der Waals surface area contributed by atoms with Gasteiger partial charge in [0.05, 0.1) is 23.5 Å². The highest BCUT2D eigenvalue weighted by atomic mass is 32.2. The van der Waals surface area contributed by atoms with E-state index in [1.54, 1.807) is 7.05 Å². The fourth-order valence-corrected chi connectivity index (χ4v) is 4.41. The summed E-state index contributed by atoms with van der Waals surface area (Å²) < 4.78 is 2.14. The molecule has 1 aromatic carbocycles. The molecule has 132 valence electrons. The molecule has 8 heteroatoms. The normalized spacial score (nSPS) is 14.0. The van der Waals surface area contributed by atoms with Crippen molar-refractivity contribution in [2.24, 2.45) is 12.1 Å². The summed E-state index contributed by atoms with van der Waals surface area (Å²) in [4.78, 5) is 29.3. The molecule has 0 unspecified atom stereocenters. The van der Waals surface area contributed by atoms with Crippen LogP contribution in [0.2, 0.25) is 0 Å². The van der Waals surface area contributed by atoms with Gasteiger partial charge in [-0.1, -0.05) is 42.1 Å². The standard InChI is InChI=1S/C18H16N4O2S2/c1-21-17(24)16-14(8-10-25-16)19-18(21)26-11-15(23)22-9-7-13(20-22)12-5-3-2-4-6-12/h2-6,8,10H,7,9,11H2,1H3. The number of rotatable bonds is 4. The van der Waals surface area contributed by atoms with E-state index in [0.717, 1.165) is 17.7 Å². The molecule has 0 spiro atoms. The topological polar surface area (TPSA) is 67.6 Å². The highest BCUT2D eigenvalue weighted by Gasteiger charge is 2.22. The lowest BCUT2D eigenvalue weighted by atomic mass is 10.1. The van der Waals surface area contributed by atoms with Gasteiger partial charge < -0.3 is 0 Å². The summed E-state index contributed by atoms with van der Waals surface area (Å²) in [5.41, 5.74) is 2.57. The van der Waals surface area contributed by atoms with Gasteiger partial charge in [0.1, 0.15) is 4.70 Å². The molecule has 1 amide bonds. The van der Waals surface area contributed by atoms with Crippen molar-refractivity contribution in [3.8, 4) is 0 Å². The Morgan fingerprint density at radius 1 is 1.27 bits per heavy atom. The Bertz CT molecular complexity index is 1060. The first kappa shape index (κ1) is 17.0. The van der Waals surface area contributed by atoms with E-state index in [1.807, 2.05) is 41.8 Å². The molecule has 0 N–H and O–H groups in total. The maximum absolute atomic E-state index is 12.5. The Morgan fingerprint density at radius 2 is 2.08 bits per heavy atom. The third-order valence-corrected chi connectivity index (χ3v) is 6.07. The second-order valence-corrected chi connectivity index (χ2v) is 7.72. The molecular weight excluding hydrogens is 368 g/mol. The molecule has 0 bridgehead atoms. The van der Waals surface area contributed by atoms with Crippen LogP contribution in [0.25, 0.3) is 10.2 Å². The van der Waals surface area contributed by atoms with Gasteiger partial charge in [-0.3, -0.25) is 14.2 Å².